The Morgan fingerprint density at radius 1 is 1.00 bits per heavy atom. The highest BCUT2D eigenvalue weighted by Gasteiger charge is 2.20. The zero-order valence-electron chi connectivity index (χ0n) is 17.1. The van der Waals surface area contributed by atoms with Crippen LogP contribution in [0.3, 0.4) is 0 Å². The van der Waals surface area contributed by atoms with Crippen LogP contribution in [0.15, 0.2) is 77.7 Å². The molecule has 1 atom stereocenters. The van der Waals surface area contributed by atoms with Gasteiger partial charge in [-0.1, -0.05) is 37.3 Å². The first-order valence-corrected chi connectivity index (χ1v) is 11.2. The van der Waals surface area contributed by atoms with Crippen molar-refractivity contribution in [3.8, 4) is 5.75 Å². The lowest BCUT2D eigenvalue weighted by molar-refractivity contribution is -0.122. The van der Waals surface area contributed by atoms with Gasteiger partial charge >= 0.3 is 0 Å². The van der Waals surface area contributed by atoms with E-state index in [0.717, 1.165) is 5.56 Å². The summed E-state index contributed by atoms with van der Waals surface area (Å²) in [6, 6.07) is 18.5. The molecule has 0 aliphatic heterocycles. The highest BCUT2D eigenvalue weighted by atomic mass is 32.2. The molecule has 0 spiro atoms. The second-order valence-electron chi connectivity index (χ2n) is 6.88. The molecule has 3 aromatic rings. The molecule has 0 bridgehead atoms. The quantitative estimate of drug-likeness (QED) is 0.528. The number of amides is 1. The second-order valence-corrected chi connectivity index (χ2v) is 8.56. The van der Waals surface area contributed by atoms with Gasteiger partial charge in [-0.15, -0.1) is 0 Å². The molecular formula is C23H23FN2O4S. The number of sulfonamides is 1. The Morgan fingerprint density at radius 3 is 2.29 bits per heavy atom. The summed E-state index contributed by atoms with van der Waals surface area (Å²) in [5.41, 5.74) is 1.20. The van der Waals surface area contributed by atoms with Gasteiger partial charge in [0.1, 0.15) is 11.6 Å². The van der Waals surface area contributed by atoms with Crippen LogP contribution < -0.4 is 14.8 Å². The van der Waals surface area contributed by atoms with Crippen LogP contribution in [0, 0.1) is 12.7 Å². The summed E-state index contributed by atoms with van der Waals surface area (Å²) in [4.78, 5) is 12.6. The summed E-state index contributed by atoms with van der Waals surface area (Å²) in [5.74, 6) is -0.384. The van der Waals surface area contributed by atoms with Gasteiger partial charge in [0.25, 0.3) is 15.9 Å². The number of benzene rings is 3. The molecule has 3 aromatic carbocycles. The first-order valence-electron chi connectivity index (χ1n) is 9.70. The van der Waals surface area contributed by atoms with Crippen molar-refractivity contribution < 1.29 is 22.3 Å². The largest absolute Gasteiger partial charge is 0.480 e. The molecule has 6 nitrogen and oxygen atoms in total. The molecule has 0 saturated carbocycles. The van der Waals surface area contributed by atoms with Gasteiger partial charge < -0.3 is 10.1 Å². The monoisotopic (exact) mass is 442 g/mol. The van der Waals surface area contributed by atoms with Crippen LogP contribution in [0.2, 0.25) is 0 Å². The molecule has 2 N–H and O–H groups in total. The molecule has 31 heavy (non-hydrogen) atoms. The summed E-state index contributed by atoms with van der Waals surface area (Å²) >= 11 is 0. The van der Waals surface area contributed by atoms with E-state index in [1.54, 1.807) is 6.07 Å². The van der Waals surface area contributed by atoms with E-state index in [0.29, 0.717) is 17.9 Å². The number of nitrogens with one attached hydrogen (secondary N) is 2. The fourth-order valence-corrected chi connectivity index (χ4v) is 3.92. The van der Waals surface area contributed by atoms with Crippen molar-refractivity contribution in [2.45, 2.75) is 31.3 Å². The summed E-state index contributed by atoms with van der Waals surface area (Å²) in [6.45, 7) is 3.74. The smallest absolute Gasteiger partial charge is 0.265 e. The number of hydrogen-bond acceptors (Lipinski definition) is 4. The normalized spacial score (nSPS) is 12.1. The number of rotatable bonds is 8. The lowest BCUT2D eigenvalue weighted by atomic mass is 10.2. The minimum atomic E-state index is -3.97. The van der Waals surface area contributed by atoms with Gasteiger partial charge in [-0.25, -0.2) is 12.8 Å². The maximum absolute atomic E-state index is 13.7. The van der Waals surface area contributed by atoms with Crippen molar-refractivity contribution in [2.75, 3.05) is 10.0 Å². The minimum absolute atomic E-state index is 0.0584. The van der Waals surface area contributed by atoms with Gasteiger partial charge in [-0.05, 0) is 61.4 Å². The molecule has 162 valence electrons. The predicted octanol–water partition coefficient (Wildman–Crippen LogP) is 4.73. The molecule has 0 heterocycles. The Bertz CT molecular complexity index is 1160. The average molecular weight is 443 g/mol. The van der Waals surface area contributed by atoms with E-state index in [2.05, 4.69) is 10.0 Å². The first kappa shape index (κ1) is 22.3. The summed E-state index contributed by atoms with van der Waals surface area (Å²) in [7, 11) is -3.97. The van der Waals surface area contributed by atoms with Gasteiger partial charge in [0.2, 0.25) is 0 Å². The van der Waals surface area contributed by atoms with Gasteiger partial charge in [-0.2, -0.15) is 0 Å². The van der Waals surface area contributed by atoms with Gasteiger partial charge in [0.15, 0.2) is 6.10 Å². The van der Waals surface area contributed by atoms with Crippen LogP contribution in [0.4, 0.5) is 15.8 Å². The predicted molar refractivity (Wildman–Crippen MR) is 118 cm³/mol. The number of hydrogen-bond donors (Lipinski definition) is 2. The van der Waals surface area contributed by atoms with Crippen molar-refractivity contribution in [1.82, 2.24) is 0 Å². The van der Waals surface area contributed by atoms with E-state index in [9.17, 15) is 17.6 Å². The number of halogens is 1. The van der Waals surface area contributed by atoms with Gasteiger partial charge in [-0.3, -0.25) is 9.52 Å². The van der Waals surface area contributed by atoms with E-state index in [4.69, 9.17) is 4.74 Å². The van der Waals surface area contributed by atoms with Crippen molar-refractivity contribution >= 4 is 27.3 Å². The van der Waals surface area contributed by atoms with E-state index in [1.165, 1.54) is 48.5 Å². The number of carbonyl (C=O) groups excluding carboxylic acids is 1. The van der Waals surface area contributed by atoms with Crippen LogP contribution in [0.5, 0.6) is 5.75 Å². The topological polar surface area (TPSA) is 84.5 Å². The zero-order valence-corrected chi connectivity index (χ0v) is 17.9. The number of anilines is 2. The fraction of sp³-hybridized carbons (Fsp3) is 0.174. The van der Waals surface area contributed by atoms with Crippen molar-refractivity contribution in [2.24, 2.45) is 0 Å². The molecule has 0 saturated heterocycles. The third-order valence-electron chi connectivity index (χ3n) is 4.58. The number of carbonyl (C=O) groups is 1. The Labute approximate surface area is 181 Å². The molecule has 0 unspecified atom stereocenters. The molecule has 1 amide bonds. The van der Waals surface area contributed by atoms with Gasteiger partial charge in [0, 0.05) is 5.69 Å². The van der Waals surface area contributed by atoms with Crippen LogP contribution >= 0.6 is 0 Å². The molecule has 0 radical (unpaired) electrons. The maximum atomic E-state index is 13.7. The van der Waals surface area contributed by atoms with Crippen molar-refractivity contribution in [3.63, 3.8) is 0 Å². The van der Waals surface area contributed by atoms with E-state index in [-0.39, 0.29) is 16.5 Å². The summed E-state index contributed by atoms with van der Waals surface area (Å²) in [6.07, 6.45) is -0.244. The molecule has 0 aliphatic rings. The molecule has 0 aromatic heterocycles. The Morgan fingerprint density at radius 2 is 1.65 bits per heavy atom. The van der Waals surface area contributed by atoms with Crippen LogP contribution in [0.1, 0.15) is 18.9 Å². The van der Waals surface area contributed by atoms with Crippen LogP contribution in [0.25, 0.3) is 0 Å². The third kappa shape index (κ3) is 5.61. The SMILES string of the molecule is CC[C@H](Oc1ccccc1C)C(=O)Nc1ccc(S(=O)(=O)Nc2ccccc2F)cc1. The van der Waals surface area contributed by atoms with Crippen molar-refractivity contribution in [1.29, 1.82) is 0 Å². The zero-order chi connectivity index (χ0) is 22.4. The van der Waals surface area contributed by atoms with Crippen molar-refractivity contribution in [3.05, 3.63) is 84.2 Å². The molecule has 0 aliphatic carbocycles. The highest BCUT2D eigenvalue weighted by molar-refractivity contribution is 7.92. The first-order chi connectivity index (χ1) is 14.8. The Kier molecular flexibility index (Phi) is 6.91. The van der Waals surface area contributed by atoms with Gasteiger partial charge in [0.05, 0.1) is 10.6 Å². The average Bonchev–Trinajstić information content (AvgIpc) is 2.75. The number of aryl methyl sites for hydroxylation is 1. The van der Waals surface area contributed by atoms with E-state index >= 15 is 0 Å². The van der Waals surface area contributed by atoms with E-state index in [1.807, 2.05) is 32.0 Å². The Balaban J connectivity index is 1.68. The molecule has 0 fully saturated rings. The van der Waals surface area contributed by atoms with Crippen LogP contribution in [-0.4, -0.2) is 20.4 Å². The maximum Gasteiger partial charge on any atom is 0.265 e. The van der Waals surface area contributed by atoms with E-state index < -0.39 is 21.9 Å². The Hall–Kier alpha value is -3.39. The summed E-state index contributed by atoms with van der Waals surface area (Å²) in [5, 5.41) is 2.73. The second kappa shape index (κ2) is 9.61. The molecule has 3 rings (SSSR count). The lowest BCUT2D eigenvalue weighted by Crippen LogP contribution is -2.32. The highest BCUT2D eigenvalue weighted by Crippen LogP contribution is 2.22. The standard InChI is InChI=1S/C23H23FN2O4S/c1-3-21(30-22-11-7-4-8-16(22)2)23(27)25-17-12-14-18(15-13-17)31(28,29)26-20-10-6-5-9-19(20)24/h4-15,21,26H,3H2,1-2H3,(H,25,27)/t21-/m0/s1. The molecular weight excluding hydrogens is 419 g/mol. The molecule has 8 heteroatoms. The third-order valence-corrected chi connectivity index (χ3v) is 5.96. The number of ether oxygens (including phenoxy) is 1. The van der Waals surface area contributed by atoms with Crippen LogP contribution in [-0.2, 0) is 14.8 Å². The minimum Gasteiger partial charge on any atom is -0.480 e. The lowest BCUT2D eigenvalue weighted by Gasteiger charge is -2.18. The fourth-order valence-electron chi connectivity index (χ4n) is 2.85. The number of para-hydroxylation sites is 2. The summed E-state index contributed by atoms with van der Waals surface area (Å²) < 4.78 is 46.8.